The molecule has 7 nitrogen and oxygen atoms in total. The number of hydrogen-bond acceptors (Lipinski definition) is 7. The van der Waals surface area contributed by atoms with Gasteiger partial charge in [0.1, 0.15) is 5.00 Å². The molecule has 3 heterocycles. The summed E-state index contributed by atoms with van der Waals surface area (Å²) < 4.78 is 4.23. The van der Waals surface area contributed by atoms with Crippen LogP contribution in [0.15, 0.2) is 18.3 Å². The van der Waals surface area contributed by atoms with E-state index < -0.39 is 5.91 Å². The Morgan fingerprint density at radius 3 is 2.96 bits per heavy atom. The minimum Gasteiger partial charge on any atom is -0.369 e. The number of amides is 1. The second-order valence-electron chi connectivity index (χ2n) is 5.76. The fourth-order valence-corrected chi connectivity index (χ4v) is 3.39. The van der Waals surface area contributed by atoms with Crippen LogP contribution in [-0.4, -0.2) is 34.4 Å². The van der Waals surface area contributed by atoms with Crippen molar-refractivity contribution >= 4 is 33.8 Å². The van der Waals surface area contributed by atoms with E-state index in [0.717, 1.165) is 42.3 Å². The van der Waals surface area contributed by atoms with Crippen LogP contribution in [0.5, 0.6) is 0 Å². The Bertz CT molecular complexity index is 716. The number of primary amides is 1. The van der Waals surface area contributed by atoms with E-state index in [1.807, 2.05) is 19.1 Å². The topological polar surface area (TPSA) is 110 Å². The van der Waals surface area contributed by atoms with Crippen molar-refractivity contribution in [3.63, 3.8) is 0 Å². The van der Waals surface area contributed by atoms with E-state index in [1.54, 1.807) is 6.20 Å². The molecule has 1 atom stereocenters. The first kappa shape index (κ1) is 15.7. The second kappa shape index (κ2) is 6.51. The number of carbonyl (C=O) groups excluding carboxylic acids is 1. The monoisotopic (exact) mass is 332 g/mol. The first-order valence-electron chi connectivity index (χ1n) is 7.53. The molecule has 0 spiro atoms. The maximum absolute atomic E-state index is 11.6. The maximum atomic E-state index is 11.6. The molecule has 1 fully saturated rings. The normalized spacial score (nSPS) is 18.0. The van der Waals surface area contributed by atoms with Crippen LogP contribution in [0.2, 0.25) is 0 Å². The van der Waals surface area contributed by atoms with Crippen LogP contribution in [0.4, 0.5) is 16.4 Å². The lowest BCUT2D eigenvalue weighted by atomic mass is 10.1. The van der Waals surface area contributed by atoms with Crippen LogP contribution >= 0.6 is 11.5 Å². The second-order valence-corrected chi connectivity index (χ2v) is 6.56. The molecular weight excluding hydrogens is 312 g/mol. The molecule has 1 amide bonds. The predicted molar refractivity (Wildman–Crippen MR) is 92.3 cm³/mol. The molecule has 0 unspecified atom stereocenters. The van der Waals surface area contributed by atoms with Gasteiger partial charge in [-0.05, 0) is 43.4 Å². The van der Waals surface area contributed by atoms with Gasteiger partial charge in [-0.25, -0.2) is 4.98 Å². The van der Waals surface area contributed by atoms with Gasteiger partial charge in [0.15, 0.2) is 5.69 Å². The van der Waals surface area contributed by atoms with E-state index in [-0.39, 0.29) is 11.7 Å². The van der Waals surface area contributed by atoms with Crippen LogP contribution in [0.3, 0.4) is 0 Å². The summed E-state index contributed by atoms with van der Waals surface area (Å²) in [5.74, 6) is -0.560. The number of carbonyl (C=O) groups is 1. The average Bonchev–Trinajstić information content (AvgIpc) is 2.92. The van der Waals surface area contributed by atoms with Crippen molar-refractivity contribution in [2.75, 3.05) is 23.3 Å². The van der Waals surface area contributed by atoms with Crippen LogP contribution in [0.1, 0.15) is 29.0 Å². The van der Waals surface area contributed by atoms with Gasteiger partial charge in [-0.15, -0.1) is 0 Å². The molecule has 0 aliphatic carbocycles. The quantitative estimate of drug-likeness (QED) is 0.784. The number of hydrogen-bond donors (Lipinski definition) is 3. The van der Waals surface area contributed by atoms with Crippen molar-refractivity contribution in [3.05, 3.63) is 29.7 Å². The summed E-state index contributed by atoms with van der Waals surface area (Å²) in [5, 5.41) is 4.05. The molecule has 8 heteroatoms. The minimum atomic E-state index is -0.560. The minimum absolute atomic E-state index is 0.167. The van der Waals surface area contributed by atoms with Crippen molar-refractivity contribution in [2.24, 2.45) is 11.5 Å². The number of nitrogens with two attached hydrogens (primary N) is 2. The van der Waals surface area contributed by atoms with E-state index >= 15 is 0 Å². The van der Waals surface area contributed by atoms with Crippen LogP contribution in [-0.2, 0) is 0 Å². The Morgan fingerprint density at radius 1 is 1.48 bits per heavy atom. The summed E-state index contributed by atoms with van der Waals surface area (Å²) in [5.41, 5.74) is 14.2. The van der Waals surface area contributed by atoms with Crippen molar-refractivity contribution in [1.29, 1.82) is 0 Å². The fourth-order valence-electron chi connectivity index (χ4n) is 2.72. The Hall–Kier alpha value is -2.19. The van der Waals surface area contributed by atoms with Gasteiger partial charge in [-0.3, -0.25) is 4.79 Å². The zero-order valence-corrected chi connectivity index (χ0v) is 13.8. The van der Waals surface area contributed by atoms with Crippen LogP contribution < -0.4 is 21.7 Å². The highest BCUT2D eigenvalue weighted by atomic mass is 32.1. The standard InChI is InChI=1S/C15H20N6OS/c1-9-5-13(23-20-9)19-12-6-11(7-18-14(12)15(17)22)21-4-2-3-10(16)8-21/h5-7,10,19H,2-4,8,16H2,1H3,(H2,17,22)/t10-/m1/s1. The van der Waals surface area contributed by atoms with E-state index in [9.17, 15) is 4.79 Å². The van der Waals surface area contributed by atoms with Gasteiger partial charge in [-0.1, -0.05) is 0 Å². The van der Waals surface area contributed by atoms with Gasteiger partial charge >= 0.3 is 0 Å². The van der Waals surface area contributed by atoms with Gasteiger partial charge in [0.05, 0.1) is 23.3 Å². The molecule has 5 N–H and O–H groups in total. The number of aromatic nitrogens is 2. The Labute approximate surface area is 138 Å². The van der Waals surface area contributed by atoms with Crippen molar-refractivity contribution in [3.8, 4) is 0 Å². The molecule has 0 bridgehead atoms. The highest BCUT2D eigenvalue weighted by Gasteiger charge is 2.19. The average molecular weight is 332 g/mol. The van der Waals surface area contributed by atoms with Crippen molar-refractivity contribution < 1.29 is 4.79 Å². The smallest absolute Gasteiger partial charge is 0.269 e. The van der Waals surface area contributed by atoms with Crippen LogP contribution in [0, 0.1) is 6.92 Å². The van der Waals surface area contributed by atoms with E-state index in [4.69, 9.17) is 11.5 Å². The summed E-state index contributed by atoms with van der Waals surface area (Å²) in [4.78, 5) is 18.1. The van der Waals surface area contributed by atoms with E-state index in [1.165, 1.54) is 11.5 Å². The molecule has 1 aliphatic heterocycles. The molecule has 0 radical (unpaired) electrons. The lowest BCUT2D eigenvalue weighted by Crippen LogP contribution is -2.42. The molecule has 122 valence electrons. The van der Waals surface area contributed by atoms with Gasteiger partial charge in [0.25, 0.3) is 5.91 Å². The highest BCUT2D eigenvalue weighted by molar-refractivity contribution is 7.10. The molecule has 2 aromatic rings. The first-order valence-corrected chi connectivity index (χ1v) is 8.31. The SMILES string of the molecule is Cc1cc(Nc2cc(N3CCC[C@@H](N)C3)cnc2C(N)=O)sn1. The number of nitrogens with one attached hydrogen (secondary N) is 1. The predicted octanol–water partition coefficient (Wildman–Crippen LogP) is 1.62. The van der Waals surface area contributed by atoms with Gasteiger partial charge < -0.3 is 21.7 Å². The number of nitrogens with zero attached hydrogens (tertiary/aromatic N) is 3. The number of rotatable bonds is 4. The zero-order chi connectivity index (χ0) is 16.4. The largest absolute Gasteiger partial charge is 0.369 e. The molecule has 23 heavy (non-hydrogen) atoms. The molecular formula is C15H20N6OS. The molecule has 0 aromatic carbocycles. The van der Waals surface area contributed by atoms with Gasteiger partial charge in [0, 0.05) is 19.1 Å². The van der Waals surface area contributed by atoms with Crippen molar-refractivity contribution in [1.82, 2.24) is 9.36 Å². The van der Waals surface area contributed by atoms with E-state index in [0.29, 0.717) is 5.69 Å². The Balaban J connectivity index is 1.91. The van der Waals surface area contributed by atoms with Crippen molar-refractivity contribution in [2.45, 2.75) is 25.8 Å². The molecule has 1 saturated heterocycles. The molecule has 2 aromatic heterocycles. The van der Waals surface area contributed by atoms with Crippen LogP contribution in [0.25, 0.3) is 0 Å². The Morgan fingerprint density at radius 2 is 2.30 bits per heavy atom. The number of piperidine rings is 1. The highest BCUT2D eigenvalue weighted by Crippen LogP contribution is 2.28. The third-order valence-corrected chi connectivity index (χ3v) is 4.61. The van der Waals surface area contributed by atoms with Gasteiger partial charge in [-0.2, -0.15) is 4.37 Å². The summed E-state index contributed by atoms with van der Waals surface area (Å²) in [6, 6.07) is 3.99. The lowest BCUT2D eigenvalue weighted by Gasteiger charge is -2.32. The molecule has 3 rings (SSSR count). The third-order valence-electron chi connectivity index (χ3n) is 3.82. The maximum Gasteiger partial charge on any atom is 0.269 e. The van der Waals surface area contributed by atoms with E-state index in [2.05, 4.69) is 19.6 Å². The summed E-state index contributed by atoms with van der Waals surface area (Å²) in [7, 11) is 0. The fraction of sp³-hybridized carbons (Fsp3) is 0.400. The Kier molecular flexibility index (Phi) is 4.44. The number of pyridine rings is 1. The summed E-state index contributed by atoms with van der Waals surface area (Å²) >= 11 is 1.33. The molecule has 0 saturated carbocycles. The summed E-state index contributed by atoms with van der Waals surface area (Å²) in [6.45, 7) is 3.64. The zero-order valence-electron chi connectivity index (χ0n) is 13.0. The lowest BCUT2D eigenvalue weighted by molar-refractivity contribution is 0.0996. The van der Waals surface area contributed by atoms with Gasteiger partial charge in [0.2, 0.25) is 0 Å². The first-order chi connectivity index (χ1) is 11.0. The molecule has 1 aliphatic rings. The summed E-state index contributed by atoms with van der Waals surface area (Å²) in [6.07, 6.45) is 3.77. The number of aryl methyl sites for hydroxylation is 1. The third kappa shape index (κ3) is 3.59. The number of anilines is 3.